The third-order valence-electron chi connectivity index (χ3n) is 12.7. The molecule has 28 heteroatoms. The number of thioether (sulfide) groups is 1. The first-order chi connectivity index (χ1) is 39.2. The Bertz CT molecular complexity index is 2490. The number of aliphatic carboxylic acids is 2. The van der Waals surface area contributed by atoms with Crippen molar-refractivity contribution in [1.82, 2.24) is 42.5 Å². The standard InChI is InChI=1S/C55H86N14O13S/c1-31(2)25-38(64-46(73)35(57)21-24-83-5)48(75)62-36(20-14-23-61-55(59)60)47(74)65-39(26-32(3)4)49(76)66-41(28-34-17-10-7-11-18-34)51(78)69-43(30-45(71)72)53(80)67-40(27-33-15-8-6-9-16-33)50(77)68-42(29-44(58)70)52(79)63-37(54(81)82)19-12-13-22-56/h6-11,15-18,31-32,35-43H,12-14,19-30,56-57H2,1-5H3,(H2,58,70)(H,62,75)(H,63,79)(H,64,73)(H,65,74)(H,66,76)(H,67,80)(H,68,77)(H,69,78)(H,71,72)(H,81,82)(H4,59,60,61)/t35-,36-,37-,38-,39-,40-,41-,42-,43-/m0/s1. The minimum absolute atomic E-state index is 0.00230. The topological polar surface area (TPSA) is 467 Å². The van der Waals surface area contributed by atoms with Crippen LogP contribution in [0, 0.1) is 11.8 Å². The summed E-state index contributed by atoms with van der Waals surface area (Å²) in [7, 11) is 0. The lowest BCUT2D eigenvalue weighted by Gasteiger charge is -2.28. The predicted octanol–water partition coefficient (Wildman–Crippen LogP) is -1.86. The van der Waals surface area contributed by atoms with Crippen LogP contribution >= 0.6 is 11.8 Å². The van der Waals surface area contributed by atoms with Gasteiger partial charge in [0, 0.05) is 19.4 Å². The van der Waals surface area contributed by atoms with Crippen LogP contribution in [0.25, 0.3) is 0 Å². The van der Waals surface area contributed by atoms with Gasteiger partial charge in [0.25, 0.3) is 0 Å². The summed E-state index contributed by atoms with van der Waals surface area (Å²) in [6.45, 7) is 7.55. The minimum Gasteiger partial charge on any atom is -0.481 e. The summed E-state index contributed by atoms with van der Waals surface area (Å²) in [6, 6.07) is 3.49. The fraction of sp³-hybridized carbons (Fsp3) is 0.564. The first-order valence-corrected chi connectivity index (χ1v) is 28.9. The van der Waals surface area contributed by atoms with Crippen LogP contribution in [0.15, 0.2) is 65.7 Å². The van der Waals surface area contributed by atoms with Crippen molar-refractivity contribution in [3.8, 4) is 0 Å². The molecule has 20 N–H and O–H groups in total. The van der Waals surface area contributed by atoms with Gasteiger partial charge in [-0.3, -0.25) is 52.9 Å². The first-order valence-electron chi connectivity index (χ1n) is 27.5. The smallest absolute Gasteiger partial charge is 0.326 e. The van der Waals surface area contributed by atoms with Gasteiger partial charge < -0.3 is 81.4 Å². The normalized spacial score (nSPS) is 14.3. The van der Waals surface area contributed by atoms with Gasteiger partial charge in [-0.15, -0.1) is 0 Å². The van der Waals surface area contributed by atoms with E-state index >= 15 is 0 Å². The Morgan fingerprint density at radius 3 is 1.30 bits per heavy atom. The van der Waals surface area contributed by atoms with Crippen LogP contribution in [0.3, 0.4) is 0 Å². The lowest BCUT2D eigenvalue weighted by Crippen LogP contribution is -2.61. The molecule has 0 bridgehead atoms. The van der Waals surface area contributed by atoms with Crippen molar-refractivity contribution in [2.75, 3.05) is 25.1 Å². The van der Waals surface area contributed by atoms with Crippen LogP contribution in [0.2, 0.25) is 0 Å². The maximum atomic E-state index is 14.5. The Morgan fingerprint density at radius 2 is 0.880 bits per heavy atom. The largest absolute Gasteiger partial charge is 0.481 e. The number of carbonyl (C=O) groups is 11. The number of nitrogens with two attached hydrogens (primary N) is 5. The molecule has 83 heavy (non-hydrogen) atoms. The summed E-state index contributed by atoms with van der Waals surface area (Å²) >= 11 is 1.50. The summed E-state index contributed by atoms with van der Waals surface area (Å²) in [5.41, 5.74) is 29.1. The number of hydrogen-bond acceptors (Lipinski definition) is 15. The number of nitrogens with one attached hydrogen (secondary N) is 8. The summed E-state index contributed by atoms with van der Waals surface area (Å²) in [4.78, 5) is 153. The molecule has 0 aliphatic heterocycles. The average molecular weight is 1180 g/mol. The van der Waals surface area contributed by atoms with Gasteiger partial charge in [-0.25, -0.2) is 4.79 Å². The Hall–Kier alpha value is -7.85. The molecule has 0 spiro atoms. The maximum absolute atomic E-state index is 14.5. The van der Waals surface area contributed by atoms with Crippen molar-refractivity contribution in [2.24, 2.45) is 45.5 Å². The fourth-order valence-corrected chi connectivity index (χ4v) is 8.89. The quantitative estimate of drug-likeness (QED) is 0.0198. The van der Waals surface area contributed by atoms with E-state index in [1.807, 2.05) is 20.1 Å². The number of benzene rings is 2. The zero-order valence-corrected chi connectivity index (χ0v) is 48.7. The number of guanidine groups is 1. The Labute approximate surface area is 488 Å². The SMILES string of the molecule is CSCC[C@H](N)C(=O)N[C@@H](CC(C)C)C(=O)N[C@@H](CCCN=C(N)N)C(=O)N[C@@H](CC(C)C)C(=O)N[C@@H](Cc1ccccc1)C(=O)N[C@@H](CC(=O)O)C(=O)N[C@@H](Cc1ccccc1)C(=O)N[C@@H](CC(N)=O)C(=O)N[C@@H](CCCCN)C(=O)O. The van der Waals surface area contributed by atoms with Crippen LogP contribution in [0.4, 0.5) is 0 Å². The molecule has 0 saturated carbocycles. The molecule has 0 fully saturated rings. The lowest BCUT2D eigenvalue weighted by molar-refractivity contribution is -0.142. The molecule has 0 aliphatic rings. The lowest BCUT2D eigenvalue weighted by atomic mass is 9.99. The summed E-state index contributed by atoms with van der Waals surface area (Å²) in [6.07, 6.45) is 0.919. The number of rotatable bonds is 40. The van der Waals surface area contributed by atoms with E-state index in [4.69, 9.17) is 28.7 Å². The molecule has 0 heterocycles. The Balaban J connectivity index is 2.57. The highest BCUT2D eigenvalue weighted by atomic mass is 32.2. The highest BCUT2D eigenvalue weighted by molar-refractivity contribution is 7.98. The van der Waals surface area contributed by atoms with Gasteiger partial charge in [-0.05, 0) is 92.9 Å². The van der Waals surface area contributed by atoms with Crippen molar-refractivity contribution < 1.29 is 63.0 Å². The monoisotopic (exact) mass is 1180 g/mol. The van der Waals surface area contributed by atoms with E-state index in [0.717, 1.165) is 0 Å². The highest BCUT2D eigenvalue weighted by Crippen LogP contribution is 2.14. The van der Waals surface area contributed by atoms with Crippen molar-refractivity contribution in [3.63, 3.8) is 0 Å². The molecule has 0 aromatic heterocycles. The number of primary amides is 1. The molecule has 0 unspecified atom stereocenters. The van der Waals surface area contributed by atoms with Crippen molar-refractivity contribution >= 4 is 82.8 Å². The van der Waals surface area contributed by atoms with Crippen LogP contribution in [0.5, 0.6) is 0 Å². The molecule has 2 rings (SSSR count). The molecule has 9 amide bonds. The number of carbonyl (C=O) groups excluding carboxylic acids is 9. The average Bonchev–Trinajstić information content (AvgIpc) is 3.49. The molecule has 460 valence electrons. The molecule has 2 aromatic rings. The number of carboxylic acid groups (broad SMARTS) is 2. The molecule has 0 aliphatic carbocycles. The van der Waals surface area contributed by atoms with E-state index in [1.54, 1.807) is 74.5 Å². The van der Waals surface area contributed by atoms with Crippen LogP contribution < -0.4 is 71.2 Å². The molecule has 0 saturated heterocycles. The third kappa shape index (κ3) is 28.6. The molecular formula is C55H86N14O13S. The van der Waals surface area contributed by atoms with E-state index in [-0.39, 0.29) is 75.8 Å². The van der Waals surface area contributed by atoms with Gasteiger partial charge in [-0.1, -0.05) is 88.4 Å². The van der Waals surface area contributed by atoms with Crippen LogP contribution in [-0.2, 0) is 65.6 Å². The molecule has 9 atom stereocenters. The van der Waals surface area contributed by atoms with Gasteiger partial charge in [0.2, 0.25) is 53.2 Å². The molecule has 0 radical (unpaired) electrons. The minimum atomic E-state index is -1.93. The molecule has 27 nitrogen and oxygen atoms in total. The third-order valence-corrected chi connectivity index (χ3v) is 13.3. The number of unbranched alkanes of at least 4 members (excludes halogenated alkanes) is 1. The van der Waals surface area contributed by atoms with Crippen molar-refractivity contribution in [2.45, 2.75) is 159 Å². The number of amides is 9. The van der Waals surface area contributed by atoms with Crippen molar-refractivity contribution in [3.05, 3.63) is 71.8 Å². The van der Waals surface area contributed by atoms with Gasteiger partial charge in [0.05, 0.1) is 18.9 Å². The first kappa shape index (κ1) is 71.3. The number of aliphatic imine (C=N–C) groups is 1. The number of carboxylic acids is 2. The zero-order valence-electron chi connectivity index (χ0n) is 47.9. The number of hydrogen-bond donors (Lipinski definition) is 15. The van der Waals surface area contributed by atoms with Crippen LogP contribution in [0.1, 0.15) is 103 Å². The summed E-state index contributed by atoms with van der Waals surface area (Å²) < 4.78 is 0. The van der Waals surface area contributed by atoms with E-state index in [9.17, 15) is 63.0 Å². The maximum Gasteiger partial charge on any atom is 0.326 e. The van der Waals surface area contributed by atoms with Gasteiger partial charge in [0.15, 0.2) is 5.96 Å². The van der Waals surface area contributed by atoms with Gasteiger partial charge in [-0.2, -0.15) is 11.8 Å². The van der Waals surface area contributed by atoms with Crippen molar-refractivity contribution in [1.29, 1.82) is 0 Å². The van der Waals surface area contributed by atoms with E-state index in [2.05, 4.69) is 47.5 Å². The summed E-state index contributed by atoms with van der Waals surface area (Å²) in [5, 5.41) is 40.1. The zero-order chi connectivity index (χ0) is 62.2. The van der Waals surface area contributed by atoms with E-state index in [0.29, 0.717) is 36.1 Å². The molecular weight excluding hydrogens is 1100 g/mol. The fourth-order valence-electron chi connectivity index (χ4n) is 8.40. The van der Waals surface area contributed by atoms with E-state index < -0.39 is 132 Å². The second kappa shape index (κ2) is 38.0. The highest BCUT2D eigenvalue weighted by Gasteiger charge is 2.36. The van der Waals surface area contributed by atoms with Crippen LogP contribution in [-0.4, -0.2) is 161 Å². The Kier molecular flexibility index (Phi) is 32.6. The Morgan fingerprint density at radius 1 is 0.494 bits per heavy atom. The second-order valence-corrected chi connectivity index (χ2v) is 21.8. The van der Waals surface area contributed by atoms with E-state index in [1.165, 1.54) is 11.8 Å². The predicted molar refractivity (Wildman–Crippen MR) is 312 cm³/mol. The summed E-state index contributed by atoms with van der Waals surface area (Å²) in [5.74, 6) is -11.3. The van der Waals surface area contributed by atoms with Gasteiger partial charge >= 0.3 is 11.9 Å². The second-order valence-electron chi connectivity index (χ2n) is 20.9. The number of nitrogens with zero attached hydrogens (tertiary/aromatic N) is 1. The molecule has 2 aromatic carbocycles. The van der Waals surface area contributed by atoms with Gasteiger partial charge in [0.1, 0.15) is 48.3 Å².